The minimum atomic E-state index is -3.55. The lowest BCUT2D eigenvalue weighted by Gasteiger charge is -2.18. The van der Waals surface area contributed by atoms with Gasteiger partial charge >= 0.3 is 0 Å². The SMILES string of the molecule is CCN(CC)S(=O)(=O)c1ccc2c(c1)nc(CCC(=O)NC(C)c1ccccc1)n2CC. The molecule has 0 spiro atoms. The molecule has 0 saturated heterocycles. The van der Waals surface area contributed by atoms with Crippen LogP contribution in [0.3, 0.4) is 0 Å². The topological polar surface area (TPSA) is 84.3 Å². The van der Waals surface area contributed by atoms with Crippen molar-refractivity contribution in [3.8, 4) is 0 Å². The minimum Gasteiger partial charge on any atom is -0.350 e. The first-order chi connectivity index (χ1) is 15.3. The molecule has 32 heavy (non-hydrogen) atoms. The lowest BCUT2D eigenvalue weighted by molar-refractivity contribution is -0.121. The number of hydrogen-bond donors (Lipinski definition) is 1. The van der Waals surface area contributed by atoms with Crippen molar-refractivity contribution in [2.24, 2.45) is 0 Å². The predicted octanol–water partition coefficient (Wildman–Crippen LogP) is 3.90. The lowest BCUT2D eigenvalue weighted by Crippen LogP contribution is -2.30. The summed E-state index contributed by atoms with van der Waals surface area (Å²) < 4.78 is 29.2. The number of amides is 1. The van der Waals surface area contributed by atoms with E-state index < -0.39 is 10.0 Å². The molecular formula is C24H32N4O3S. The number of nitrogens with zero attached hydrogens (tertiary/aromatic N) is 3. The number of hydrogen-bond acceptors (Lipinski definition) is 4. The zero-order valence-corrected chi connectivity index (χ0v) is 20.0. The second-order valence-electron chi connectivity index (χ2n) is 7.71. The molecule has 3 rings (SSSR count). The number of sulfonamides is 1. The average molecular weight is 457 g/mol. The van der Waals surface area contributed by atoms with Gasteiger partial charge in [0.25, 0.3) is 0 Å². The first-order valence-corrected chi connectivity index (χ1v) is 12.6. The molecule has 0 aliphatic heterocycles. The molecule has 1 amide bonds. The molecule has 0 fully saturated rings. The second kappa shape index (κ2) is 10.3. The van der Waals surface area contributed by atoms with Crippen molar-refractivity contribution in [1.82, 2.24) is 19.2 Å². The summed E-state index contributed by atoms with van der Waals surface area (Å²) in [7, 11) is -3.55. The van der Waals surface area contributed by atoms with Crippen LogP contribution in [0, 0.1) is 0 Å². The van der Waals surface area contributed by atoms with E-state index in [0.717, 1.165) is 16.9 Å². The molecule has 8 heteroatoms. The van der Waals surface area contributed by atoms with Gasteiger partial charge in [-0.05, 0) is 37.6 Å². The van der Waals surface area contributed by atoms with Gasteiger partial charge in [0.15, 0.2) is 0 Å². The van der Waals surface area contributed by atoms with Crippen molar-refractivity contribution < 1.29 is 13.2 Å². The van der Waals surface area contributed by atoms with Crippen LogP contribution in [-0.4, -0.2) is 41.3 Å². The first kappa shape index (κ1) is 23.9. The molecule has 1 heterocycles. The number of aryl methyl sites for hydroxylation is 2. The van der Waals surface area contributed by atoms with Gasteiger partial charge in [-0.15, -0.1) is 0 Å². The summed E-state index contributed by atoms with van der Waals surface area (Å²) in [5.74, 6) is 0.739. The Hall–Kier alpha value is -2.71. The number of nitrogens with one attached hydrogen (secondary N) is 1. The van der Waals surface area contributed by atoms with Crippen LogP contribution in [0.5, 0.6) is 0 Å². The molecule has 0 radical (unpaired) electrons. The van der Waals surface area contributed by atoms with Crippen molar-refractivity contribution in [3.63, 3.8) is 0 Å². The zero-order chi connectivity index (χ0) is 23.3. The third-order valence-electron chi connectivity index (χ3n) is 5.71. The van der Waals surface area contributed by atoms with Crippen molar-refractivity contribution in [2.45, 2.75) is 58.0 Å². The van der Waals surface area contributed by atoms with E-state index in [4.69, 9.17) is 0 Å². The molecule has 1 N–H and O–H groups in total. The van der Waals surface area contributed by atoms with Crippen LogP contribution in [0.1, 0.15) is 51.5 Å². The molecule has 172 valence electrons. The van der Waals surface area contributed by atoms with Crippen LogP contribution in [0.15, 0.2) is 53.4 Å². The second-order valence-corrected chi connectivity index (χ2v) is 9.65. The smallest absolute Gasteiger partial charge is 0.243 e. The Labute approximate surface area is 190 Å². The number of benzene rings is 2. The fraction of sp³-hybridized carbons (Fsp3) is 0.417. The fourth-order valence-electron chi connectivity index (χ4n) is 3.94. The summed E-state index contributed by atoms with van der Waals surface area (Å²) in [6.45, 7) is 9.16. The highest BCUT2D eigenvalue weighted by Crippen LogP contribution is 2.23. The van der Waals surface area contributed by atoms with Crippen LogP contribution in [0.4, 0.5) is 0 Å². The van der Waals surface area contributed by atoms with Crippen LogP contribution in [-0.2, 0) is 27.8 Å². The van der Waals surface area contributed by atoms with Gasteiger partial charge < -0.3 is 9.88 Å². The van der Waals surface area contributed by atoms with E-state index in [9.17, 15) is 13.2 Å². The highest BCUT2D eigenvalue weighted by Gasteiger charge is 2.23. The average Bonchev–Trinajstić information content (AvgIpc) is 3.15. The van der Waals surface area contributed by atoms with Crippen molar-refractivity contribution in [3.05, 3.63) is 59.9 Å². The number of rotatable bonds is 10. The number of imidazole rings is 1. The molecule has 1 unspecified atom stereocenters. The number of fused-ring (bicyclic) bond motifs is 1. The molecule has 3 aromatic rings. The molecule has 1 aromatic heterocycles. The highest BCUT2D eigenvalue weighted by molar-refractivity contribution is 7.89. The van der Waals surface area contributed by atoms with Crippen LogP contribution in [0.2, 0.25) is 0 Å². The Kier molecular flexibility index (Phi) is 7.69. The molecule has 0 bridgehead atoms. The van der Waals surface area contributed by atoms with Gasteiger partial charge in [0.1, 0.15) is 5.82 Å². The monoisotopic (exact) mass is 456 g/mol. The van der Waals surface area contributed by atoms with E-state index in [2.05, 4.69) is 10.3 Å². The lowest BCUT2D eigenvalue weighted by atomic mass is 10.1. The summed E-state index contributed by atoms with van der Waals surface area (Å²) in [4.78, 5) is 17.4. The molecule has 0 saturated carbocycles. The molecule has 0 aliphatic rings. The highest BCUT2D eigenvalue weighted by atomic mass is 32.2. The molecule has 0 aliphatic carbocycles. The van der Waals surface area contributed by atoms with Gasteiger partial charge in [-0.1, -0.05) is 44.2 Å². The Balaban J connectivity index is 1.77. The van der Waals surface area contributed by atoms with Crippen LogP contribution >= 0.6 is 0 Å². The van der Waals surface area contributed by atoms with E-state index in [1.54, 1.807) is 12.1 Å². The first-order valence-electron chi connectivity index (χ1n) is 11.1. The van der Waals surface area contributed by atoms with E-state index >= 15 is 0 Å². The van der Waals surface area contributed by atoms with Gasteiger partial charge in [-0.3, -0.25) is 4.79 Å². The quantitative estimate of drug-likeness (QED) is 0.502. The molecule has 1 atom stereocenters. The largest absolute Gasteiger partial charge is 0.350 e. The molecule has 7 nitrogen and oxygen atoms in total. The third-order valence-corrected chi connectivity index (χ3v) is 7.76. The maximum absolute atomic E-state index is 12.9. The fourth-order valence-corrected chi connectivity index (χ4v) is 5.42. The molecular weight excluding hydrogens is 424 g/mol. The van der Waals surface area contributed by atoms with Gasteiger partial charge in [0.2, 0.25) is 15.9 Å². The Bertz CT molecular complexity index is 1170. The summed E-state index contributed by atoms with van der Waals surface area (Å²) in [6, 6.07) is 14.9. The Morgan fingerprint density at radius 2 is 1.78 bits per heavy atom. The van der Waals surface area contributed by atoms with Gasteiger partial charge in [0, 0.05) is 32.5 Å². The van der Waals surface area contributed by atoms with Crippen LogP contribution in [0.25, 0.3) is 11.0 Å². The van der Waals surface area contributed by atoms with E-state index in [1.165, 1.54) is 4.31 Å². The summed E-state index contributed by atoms with van der Waals surface area (Å²) in [6.07, 6.45) is 0.791. The number of carbonyl (C=O) groups excluding carboxylic acids is 1. The van der Waals surface area contributed by atoms with Gasteiger partial charge in [-0.2, -0.15) is 4.31 Å². The maximum atomic E-state index is 12.9. The van der Waals surface area contributed by atoms with Crippen molar-refractivity contribution >= 4 is 27.0 Å². The zero-order valence-electron chi connectivity index (χ0n) is 19.2. The van der Waals surface area contributed by atoms with E-state index in [0.29, 0.717) is 38.0 Å². The minimum absolute atomic E-state index is 0.0409. The maximum Gasteiger partial charge on any atom is 0.243 e. The van der Waals surface area contributed by atoms with E-state index in [1.807, 2.05) is 68.7 Å². The number of aromatic nitrogens is 2. The Morgan fingerprint density at radius 3 is 2.41 bits per heavy atom. The standard InChI is InChI=1S/C24H32N4O3S/c1-5-27(6-2)32(30,31)20-13-14-22-21(17-20)26-23(28(22)7-3)15-16-24(29)25-18(4)19-11-9-8-10-12-19/h8-14,17-18H,5-7,15-16H2,1-4H3,(H,25,29). The Morgan fingerprint density at radius 1 is 1.09 bits per heavy atom. The summed E-state index contributed by atoms with van der Waals surface area (Å²) >= 11 is 0. The molecule has 2 aromatic carbocycles. The summed E-state index contributed by atoms with van der Waals surface area (Å²) in [5.41, 5.74) is 2.57. The predicted molar refractivity (Wildman–Crippen MR) is 127 cm³/mol. The third kappa shape index (κ3) is 5.02. The summed E-state index contributed by atoms with van der Waals surface area (Å²) in [5, 5.41) is 3.03. The van der Waals surface area contributed by atoms with E-state index in [-0.39, 0.29) is 16.8 Å². The van der Waals surface area contributed by atoms with Crippen molar-refractivity contribution in [2.75, 3.05) is 13.1 Å². The van der Waals surface area contributed by atoms with Crippen molar-refractivity contribution in [1.29, 1.82) is 0 Å². The van der Waals surface area contributed by atoms with Gasteiger partial charge in [0.05, 0.1) is 22.0 Å². The van der Waals surface area contributed by atoms with Gasteiger partial charge in [-0.25, -0.2) is 13.4 Å². The normalized spacial score (nSPS) is 12.9. The number of carbonyl (C=O) groups is 1. The van der Waals surface area contributed by atoms with Crippen LogP contribution < -0.4 is 5.32 Å².